The molecule has 1 aromatic heterocycles. The molecule has 2 aliphatic carbocycles. The first-order valence-electron chi connectivity index (χ1n) is 8.73. The third-order valence-corrected chi connectivity index (χ3v) is 9.51. The normalized spacial score (nSPS) is 17.7. The van der Waals surface area contributed by atoms with E-state index < -0.39 is 23.2 Å². The molecule has 1 unspecified atom stereocenters. The number of fused-ring (bicyclic) bond motifs is 3. The van der Waals surface area contributed by atoms with Crippen LogP contribution in [0.1, 0.15) is 23.6 Å². The molecule has 3 aromatic rings. The third kappa shape index (κ3) is 2.55. The maximum atomic E-state index is 5.33. The van der Waals surface area contributed by atoms with Crippen molar-refractivity contribution in [1.82, 2.24) is 0 Å². The van der Waals surface area contributed by atoms with E-state index in [2.05, 4.69) is 67.6 Å². The first-order chi connectivity index (χ1) is 12.3. The van der Waals surface area contributed by atoms with Crippen molar-refractivity contribution in [1.29, 1.82) is 0 Å². The van der Waals surface area contributed by atoms with Gasteiger partial charge in [-0.05, 0) is 0 Å². The molecule has 0 N–H and O–H groups in total. The van der Waals surface area contributed by atoms with Gasteiger partial charge < -0.3 is 0 Å². The van der Waals surface area contributed by atoms with E-state index in [1.54, 1.807) is 18.4 Å². The van der Waals surface area contributed by atoms with E-state index in [1.165, 1.54) is 27.8 Å². The Morgan fingerprint density at radius 1 is 1.00 bits per heavy atom. The second-order valence-electron chi connectivity index (χ2n) is 6.78. The van der Waals surface area contributed by atoms with Crippen LogP contribution in [0.25, 0.3) is 16.7 Å². The first kappa shape index (κ1) is 15.3. The van der Waals surface area contributed by atoms with Crippen molar-refractivity contribution in [3.63, 3.8) is 0 Å². The number of benzene rings is 2. The summed E-state index contributed by atoms with van der Waals surface area (Å²) in [5.74, 6) is 0.552. The predicted octanol–water partition coefficient (Wildman–Crippen LogP) is 5.18. The SMILES string of the molecule is CC1C=CC(c2ccoc2)=[C]1[Zr][c]1cccc2c1Cc1ccccc1-2. The van der Waals surface area contributed by atoms with Gasteiger partial charge in [-0.2, -0.15) is 0 Å². The molecule has 1 atom stereocenters. The van der Waals surface area contributed by atoms with Gasteiger partial charge in [-0.15, -0.1) is 0 Å². The quantitative estimate of drug-likeness (QED) is 0.461. The summed E-state index contributed by atoms with van der Waals surface area (Å²) in [7, 11) is 0. The first-order valence-corrected chi connectivity index (χ1v) is 11.2. The predicted molar refractivity (Wildman–Crippen MR) is 98.3 cm³/mol. The van der Waals surface area contributed by atoms with Crippen LogP contribution in [0.2, 0.25) is 0 Å². The van der Waals surface area contributed by atoms with Crippen molar-refractivity contribution >= 4 is 8.84 Å². The van der Waals surface area contributed by atoms with Crippen LogP contribution in [0.4, 0.5) is 0 Å². The summed E-state index contributed by atoms with van der Waals surface area (Å²) in [6, 6.07) is 17.9. The molecule has 0 bridgehead atoms. The van der Waals surface area contributed by atoms with E-state index in [9.17, 15) is 0 Å². The Morgan fingerprint density at radius 2 is 1.88 bits per heavy atom. The average molecular weight is 402 g/mol. The van der Waals surface area contributed by atoms with Crippen LogP contribution in [0.5, 0.6) is 0 Å². The molecule has 0 aliphatic heterocycles. The van der Waals surface area contributed by atoms with E-state index in [-0.39, 0.29) is 0 Å². The molecule has 0 radical (unpaired) electrons. The minimum atomic E-state index is -0.853. The Bertz CT molecular complexity index is 1010. The van der Waals surface area contributed by atoms with Gasteiger partial charge in [0.05, 0.1) is 0 Å². The summed E-state index contributed by atoms with van der Waals surface area (Å²) in [5, 5.41) is 0. The molecular weight excluding hydrogens is 383 g/mol. The number of allylic oxidation sites excluding steroid dienone is 4. The minimum absolute atomic E-state index is 0.552. The van der Waals surface area contributed by atoms with E-state index >= 15 is 0 Å². The Kier molecular flexibility index (Phi) is 3.75. The molecule has 1 heterocycles. The fourth-order valence-electron chi connectivity index (χ4n) is 3.94. The Hall–Kier alpha value is -1.92. The summed E-state index contributed by atoms with van der Waals surface area (Å²) in [6.07, 6.45) is 9.39. The molecule has 120 valence electrons. The van der Waals surface area contributed by atoms with E-state index in [0.29, 0.717) is 5.92 Å². The van der Waals surface area contributed by atoms with Gasteiger partial charge in [-0.25, -0.2) is 0 Å². The summed E-state index contributed by atoms with van der Waals surface area (Å²) in [4.78, 5) is 0. The Balaban J connectivity index is 1.57. The maximum absolute atomic E-state index is 5.33. The molecule has 25 heavy (non-hydrogen) atoms. The van der Waals surface area contributed by atoms with Crippen molar-refractivity contribution in [3.05, 3.63) is 93.2 Å². The molecular formula is C23H18OZr. The second-order valence-corrected chi connectivity index (χ2v) is 10.0. The number of rotatable bonds is 3. The van der Waals surface area contributed by atoms with Crippen LogP contribution in [-0.4, -0.2) is 0 Å². The standard InChI is InChI=1S/C13H9.C10H9O.Zr/c1-3-7-12-10(5-1)9-11-6-2-4-8-13(11)12;1-8-2-3-9(6-8)10-4-5-11-7-10;/h1-5,7-8H,9H2;2-5,7-8H,1H3;. The van der Waals surface area contributed by atoms with Crippen molar-refractivity contribution < 1.29 is 27.7 Å². The Morgan fingerprint density at radius 3 is 2.76 bits per heavy atom. The molecule has 5 rings (SSSR count). The zero-order valence-electron chi connectivity index (χ0n) is 14.1. The topological polar surface area (TPSA) is 13.1 Å². The van der Waals surface area contributed by atoms with Gasteiger partial charge in [0.25, 0.3) is 0 Å². The second kappa shape index (κ2) is 6.11. The van der Waals surface area contributed by atoms with E-state index in [4.69, 9.17) is 4.42 Å². The van der Waals surface area contributed by atoms with Gasteiger partial charge in [0.15, 0.2) is 0 Å². The molecule has 0 spiro atoms. The average Bonchev–Trinajstić information content (AvgIpc) is 3.35. The molecule has 0 amide bonds. The molecule has 1 nitrogen and oxygen atoms in total. The Labute approximate surface area is 159 Å². The van der Waals surface area contributed by atoms with Crippen molar-refractivity contribution in [2.45, 2.75) is 13.3 Å². The third-order valence-electron chi connectivity index (χ3n) is 5.25. The fraction of sp³-hybridized carbons (Fsp3) is 0.130. The van der Waals surface area contributed by atoms with Crippen LogP contribution in [0.3, 0.4) is 0 Å². The van der Waals surface area contributed by atoms with Crippen LogP contribution in [0.15, 0.2) is 80.9 Å². The number of hydrogen-bond acceptors (Lipinski definition) is 1. The molecule has 2 aromatic carbocycles. The van der Waals surface area contributed by atoms with Crippen LogP contribution >= 0.6 is 0 Å². The molecule has 0 saturated heterocycles. The molecule has 2 heteroatoms. The fourth-order valence-corrected chi connectivity index (χ4v) is 7.70. The van der Waals surface area contributed by atoms with Crippen LogP contribution in [-0.2, 0) is 29.7 Å². The summed E-state index contributed by atoms with van der Waals surface area (Å²) in [6.45, 7) is 2.33. The summed E-state index contributed by atoms with van der Waals surface area (Å²) < 4.78 is 8.62. The van der Waals surface area contributed by atoms with Crippen LogP contribution < -0.4 is 3.27 Å². The van der Waals surface area contributed by atoms with Gasteiger partial charge in [0.1, 0.15) is 0 Å². The van der Waals surface area contributed by atoms with Gasteiger partial charge in [0.2, 0.25) is 0 Å². The van der Waals surface area contributed by atoms with Crippen molar-refractivity contribution in [2.75, 3.05) is 0 Å². The zero-order chi connectivity index (χ0) is 16.8. The summed E-state index contributed by atoms with van der Waals surface area (Å²) >= 11 is -0.853. The van der Waals surface area contributed by atoms with Gasteiger partial charge >= 0.3 is 160 Å². The van der Waals surface area contributed by atoms with Crippen molar-refractivity contribution in [3.8, 4) is 11.1 Å². The summed E-state index contributed by atoms with van der Waals surface area (Å²) in [5.41, 5.74) is 8.58. The van der Waals surface area contributed by atoms with E-state index in [0.717, 1.165) is 6.42 Å². The number of furan rings is 1. The van der Waals surface area contributed by atoms with Gasteiger partial charge in [-0.1, -0.05) is 0 Å². The monoisotopic (exact) mass is 400 g/mol. The number of hydrogen-bond donors (Lipinski definition) is 0. The van der Waals surface area contributed by atoms with Gasteiger partial charge in [-0.3, -0.25) is 0 Å². The van der Waals surface area contributed by atoms with E-state index in [1.807, 2.05) is 6.26 Å². The molecule has 0 fully saturated rings. The molecule has 2 aliphatic rings. The van der Waals surface area contributed by atoms with Gasteiger partial charge in [0, 0.05) is 0 Å². The molecule has 0 saturated carbocycles. The van der Waals surface area contributed by atoms with Crippen LogP contribution in [0, 0.1) is 5.92 Å². The van der Waals surface area contributed by atoms with Crippen molar-refractivity contribution in [2.24, 2.45) is 5.92 Å². The zero-order valence-corrected chi connectivity index (χ0v) is 16.6.